The summed E-state index contributed by atoms with van der Waals surface area (Å²) in [5.41, 5.74) is 4.39. The normalized spacial score (nSPS) is 14.1. The van der Waals surface area contributed by atoms with Gasteiger partial charge in [0.05, 0.1) is 24.2 Å². The molecule has 0 aromatic heterocycles. The van der Waals surface area contributed by atoms with Gasteiger partial charge in [-0.2, -0.15) is 5.26 Å². The predicted molar refractivity (Wildman–Crippen MR) is 119 cm³/mol. The van der Waals surface area contributed by atoms with Crippen LogP contribution in [0.25, 0.3) is 11.1 Å². The fourth-order valence-corrected chi connectivity index (χ4v) is 3.98. The van der Waals surface area contributed by atoms with Crippen molar-refractivity contribution in [1.29, 1.82) is 16.1 Å². The fraction of sp³-hybridized carbons (Fsp3) is 0.318. The molecular formula is C22H25BN5O2. The van der Waals surface area contributed by atoms with E-state index in [1.165, 1.54) is 4.90 Å². The number of hydrogen-bond donors (Lipinski definition) is 4. The average molecular weight is 402 g/mol. The van der Waals surface area contributed by atoms with Crippen LogP contribution in [0.2, 0.25) is 0 Å². The van der Waals surface area contributed by atoms with E-state index in [1.54, 1.807) is 19.2 Å². The minimum atomic E-state index is -0.193. The zero-order valence-corrected chi connectivity index (χ0v) is 17.0. The Kier molecular flexibility index (Phi) is 6.88. The quantitative estimate of drug-likeness (QED) is 0.333. The minimum absolute atomic E-state index is 0.0888. The van der Waals surface area contributed by atoms with Crippen LogP contribution < -0.4 is 10.4 Å². The van der Waals surface area contributed by atoms with Gasteiger partial charge >= 0.3 is 7.48 Å². The number of para-hydroxylation sites is 1. The molecule has 1 heterocycles. The number of aliphatic hydroxyl groups excluding tert-OH is 1. The minimum Gasteiger partial charge on any atom is -0.450 e. The molecule has 0 saturated carbocycles. The molecule has 0 atom stereocenters. The lowest BCUT2D eigenvalue weighted by Crippen LogP contribution is -2.41. The first-order chi connectivity index (χ1) is 14.5. The van der Waals surface area contributed by atoms with Crippen LogP contribution >= 0.6 is 0 Å². The number of piperidine rings is 1. The zero-order valence-electron chi connectivity index (χ0n) is 17.0. The Morgan fingerprint density at radius 2 is 2.07 bits per heavy atom. The van der Waals surface area contributed by atoms with E-state index in [2.05, 4.69) is 11.0 Å². The molecule has 0 bridgehead atoms. The summed E-state index contributed by atoms with van der Waals surface area (Å²) in [5, 5.41) is 44.3. The fourth-order valence-electron chi connectivity index (χ4n) is 3.98. The van der Waals surface area contributed by atoms with Crippen LogP contribution in [0.15, 0.2) is 36.4 Å². The molecule has 0 spiro atoms. The number of hydrogen-bond acceptors (Lipinski definition) is 6. The molecule has 1 fully saturated rings. The van der Waals surface area contributed by atoms with Crippen LogP contribution in [0.4, 0.5) is 5.69 Å². The molecule has 1 saturated heterocycles. The predicted octanol–water partition coefficient (Wildman–Crippen LogP) is 1.69. The van der Waals surface area contributed by atoms with Crippen LogP contribution in [0.3, 0.4) is 0 Å². The Labute approximate surface area is 177 Å². The highest BCUT2D eigenvalue weighted by molar-refractivity contribution is 6.46. The maximum Gasteiger partial charge on any atom is 0.327 e. The smallest absolute Gasteiger partial charge is 0.327 e. The number of amidine groups is 1. The van der Waals surface area contributed by atoms with Gasteiger partial charge in [0.2, 0.25) is 0 Å². The van der Waals surface area contributed by atoms with Gasteiger partial charge in [-0.3, -0.25) is 10.8 Å². The summed E-state index contributed by atoms with van der Waals surface area (Å²) in [6.07, 6.45) is 2.71. The molecule has 1 radical (unpaired) electrons. The lowest BCUT2D eigenvalue weighted by molar-refractivity contribution is 0.283. The summed E-state index contributed by atoms with van der Waals surface area (Å²) in [4.78, 5) is 3.72. The Hall–Kier alpha value is -3.15. The molecule has 0 amide bonds. The molecule has 1 aliphatic rings. The highest BCUT2D eigenvalue weighted by Gasteiger charge is 2.27. The summed E-state index contributed by atoms with van der Waals surface area (Å²) in [5.74, 6) is 0.535. The van der Waals surface area contributed by atoms with Crippen molar-refractivity contribution in [2.45, 2.75) is 19.4 Å². The van der Waals surface area contributed by atoms with Crippen molar-refractivity contribution in [2.24, 2.45) is 5.92 Å². The summed E-state index contributed by atoms with van der Waals surface area (Å²) in [6, 6.07) is 13.4. The van der Waals surface area contributed by atoms with E-state index in [0.717, 1.165) is 43.5 Å². The van der Waals surface area contributed by atoms with E-state index in [9.17, 15) is 15.4 Å². The van der Waals surface area contributed by atoms with Gasteiger partial charge in [-0.05, 0) is 41.6 Å². The number of aliphatic hydroxyl groups is 1. The molecular weight excluding hydrogens is 377 g/mol. The van der Waals surface area contributed by atoms with E-state index >= 15 is 0 Å². The van der Waals surface area contributed by atoms with Gasteiger partial charge in [-0.15, -0.1) is 0 Å². The Morgan fingerprint density at radius 3 is 2.67 bits per heavy atom. The molecule has 1 aliphatic heterocycles. The third-order valence-electron chi connectivity index (χ3n) is 5.69. The molecule has 0 unspecified atom stereocenters. The second-order valence-electron chi connectivity index (χ2n) is 7.40. The molecule has 153 valence electrons. The number of benzene rings is 2. The summed E-state index contributed by atoms with van der Waals surface area (Å²) >= 11 is 0. The topological polar surface area (TPSA) is 118 Å². The monoisotopic (exact) mass is 402 g/mol. The van der Waals surface area contributed by atoms with Crippen LogP contribution in [0, 0.1) is 28.1 Å². The largest absolute Gasteiger partial charge is 0.450 e. The summed E-state index contributed by atoms with van der Waals surface area (Å²) in [6.45, 7) is 1.22. The second kappa shape index (κ2) is 9.57. The number of anilines is 1. The molecule has 2 aromatic rings. The van der Waals surface area contributed by atoms with Gasteiger partial charge < -0.3 is 19.9 Å². The Balaban J connectivity index is 1.94. The van der Waals surface area contributed by atoms with Crippen LogP contribution in [0.1, 0.15) is 24.0 Å². The Bertz CT molecular complexity index is 980. The van der Waals surface area contributed by atoms with Crippen molar-refractivity contribution in [3.05, 3.63) is 47.5 Å². The van der Waals surface area contributed by atoms with Crippen LogP contribution in [-0.2, 0) is 6.61 Å². The van der Waals surface area contributed by atoms with Crippen molar-refractivity contribution in [3.63, 3.8) is 0 Å². The second-order valence-corrected chi connectivity index (χ2v) is 7.40. The number of nitrogens with zero attached hydrogens (tertiary/aromatic N) is 3. The van der Waals surface area contributed by atoms with E-state index in [4.69, 9.17) is 10.8 Å². The number of nitriles is 1. The highest BCUT2D eigenvalue weighted by Crippen LogP contribution is 2.36. The van der Waals surface area contributed by atoms with Crippen molar-refractivity contribution in [3.8, 4) is 17.2 Å². The maximum absolute atomic E-state index is 9.73. The SMILES string of the molecule is CN(C=N)C(=N)C1CCN(c2c(C#N)cccc2-c2ccc([B]O)c(CO)c2)CC1. The van der Waals surface area contributed by atoms with E-state index < -0.39 is 0 Å². The van der Waals surface area contributed by atoms with E-state index in [-0.39, 0.29) is 12.5 Å². The first-order valence-corrected chi connectivity index (χ1v) is 9.85. The molecule has 3 rings (SSSR count). The third kappa shape index (κ3) is 4.23. The van der Waals surface area contributed by atoms with Gasteiger partial charge in [0.15, 0.2) is 0 Å². The van der Waals surface area contributed by atoms with Crippen molar-refractivity contribution >= 4 is 30.8 Å². The lowest BCUT2D eigenvalue weighted by Gasteiger charge is -2.36. The summed E-state index contributed by atoms with van der Waals surface area (Å²) < 4.78 is 0. The first-order valence-electron chi connectivity index (χ1n) is 9.85. The van der Waals surface area contributed by atoms with Gasteiger partial charge in [0, 0.05) is 31.6 Å². The first kappa shape index (κ1) is 21.6. The molecule has 4 N–H and O–H groups in total. The number of nitrogens with one attached hydrogen (secondary N) is 2. The third-order valence-corrected chi connectivity index (χ3v) is 5.69. The molecule has 2 aromatic carbocycles. The summed E-state index contributed by atoms with van der Waals surface area (Å²) in [7, 11) is 2.70. The van der Waals surface area contributed by atoms with Crippen LogP contribution in [-0.4, -0.2) is 54.8 Å². The van der Waals surface area contributed by atoms with Crippen molar-refractivity contribution in [2.75, 3.05) is 25.0 Å². The van der Waals surface area contributed by atoms with E-state index in [1.807, 2.05) is 24.3 Å². The van der Waals surface area contributed by atoms with Gasteiger partial charge in [-0.1, -0.05) is 24.3 Å². The molecule has 0 aliphatic carbocycles. The van der Waals surface area contributed by atoms with Crippen LogP contribution in [0.5, 0.6) is 0 Å². The zero-order chi connectivity index (χ0) is 21.7. The van der Waals surface area contributed by atoms with Crippen molar-refractivity contribution < 1.29 is 10.1 Å². The molecule has 30 heavy (non-hydrogen) atoms. The lowest BCUT2D eigenvalue weighted by atomic mass is 9.82. The van der Waals surface area contributed by atoms with Crippen molar-refractivity contribution in [1.82, 2.24) is 4.90 Å². The van der Waals surface area contributed by atoms with Gasteiger partial charge in [0.1, 0.15) is 11.9 Å². The molecule has 7 nitrogen and oxygen atoms in total. The average Bonchev–Trinajstić information content (AvgIpc) is 2.82. The maximum atomic E-state index is 9.73. The van der Waals surface area contributed by atoms with Gasteiger partial charge in [-0.25, -0.2) is 0 Å². The molecule has 8 heteroatoms. The highest BCUT2D eigenvalue weighted by atomic mass is 16.3. The van der Waals surface area contributed by atoms with E-state index in [0.29, 0.717) is 35.5 Å². The Morgan fingerprint density at radius 1 is 1.33 bits per heavy atom. The van der Waals surface area contributed by atoms with Gasteiger partial charge in [0.25, 0.3) is 0 Å². The standard InChI is InChI=1S/C22H25BN5O2/c1-27(14-25)22(26)15-7-9-28(10-8-15)21-17(12-24)3-2-4-19(21)16-5-6-20(23-30)18(11-16)13-29/h2-6,11,14-15,25-26,29-30H,7-10,13H2,1H3. The number of rotatable bonds is 6.